The van der Waals surface area contributed by atoms with Gasteiger partial charge in [-0.05, 0) is 81.6 Å². The Hall–Kier alpha value is -3.07. The Balaban J connectivity index is 2.08. The number of hydrogen-bond donors (Lipinski definition) is 1. The molecule has 0 saturated carbocycles. The van der Waals surface area contributed by atoms with E-state index in [2.05, 4.69) is 5.32 Å². The number of carbonyl (C=O) groups excluding carboxylic acids is 2. The first-order valence-corrected chi connectivity index (χ1v) is 14.7. The summed E-state index contributed by atoms with van der Waals surface area (Å²) in [5, 5.41) is 3.41. The lowest BCUT2D eigenvalue weighted by Gasteiger charge is -2.32. The van der Waals surface area contributed by atoms with Crippen molar-refractivity contribution in [3.8, 4) is 0 Å². The Morgan fingerprint density at radius 3 is 2.15 bits per heavy atom. The van der Waals surface area contributed by atoms with Crippen molar-refractivity contribution in [3.63, 3.8) is 0 Å². The second kappa shape index (κ2) is 12.9. The van der Waals surface area contributed by atoms with Crippen LogP contribution in [0.4, 0.5) is 5.69 Å². The van der Waals surface area contributed by atoms with Crippen LogP contribution in [0.15, 0.2) is 65.6 Å². The molecule has 39 heavy (non-hydrogen) atoms. The molecule has 0 radical (unpaired) electrons. The minimum atomic E-state index is -4.13. The lowest BCUT2D eigenvalue weighted by atomic mass is 10.1. The van der Waals surface area contributed by atoms with E-state index in [0.717, 1.165) is 15.4 Å². The summed E-state index contributed by atoms with van der Waals surface area (Å²) in [5.74, 6) is -0.901. The van der Waals surface area contributed by atoms with Crippen molar-refractivity contribution in [2.45, 2.75) is 52.1 Å². The number of nitrogens with zero attached hydrogens (tertiary/aromatic N) is 2. The van der Waals surface area contributed by atoms with E-state index < -0.39 is 28.5 Å². The average Bonchev–Trinajstić information content (AvgIpc) is 2.89. The second-order valence-corrected chi connectivity index (χ2v) is 12.1. The van der Waals surface area contributed by atoms with E-state index in [1.165, 1.54) is 17.0 Å². The molecule has 7 nitrogen and oxygen atoms in total. The number of rotatable bonds is 10. The third-order valence-electron chi connectivity index (χ3n) is 6.38. The fourth-order valence-corrected chi connectivity index (χ4v) is 5.87. The van der Waals surface area contributed by atoms with Crippen molar-refractivity contribution in [2.75, 3.05) is 17.4 Å². The predicted molar refractivity (Wildman–Crippen MR) is 157 cm³/mol. The molecule has 0 heterocycles. The van der Waals surface area contributed by atoms with Gasteiger partial charge in [0, 0.05) is 13.1 Å². The molecule has 2 amide bonds. The van der Waals surface area contributed by atoms with Crippen LogP contribution in [0, 0.1) is 20.8 Å². The van der Waals surface area contributed by atoms with Crippen LogP contribution in [0.25, 0.3) is 0 Å². The van der Waals surface area contributed by atoms with E-state index in [9.17, 15) is 18.0 Å². The molecule has 208 valence electrons. The molecular formula is C29H33Cl2N3O4S. The highest BCUT2D eigenvalue weighted by Crippen LogP contribution is 2.29. The first-order chi connectivity index (χ1) is 18.3. The zero-order chi connectivity index (χ0) is 28.9. The van der Waals surface area contributed by atoms with Gasteiger partial charge in [0.25, 0.3) is 10.0 Å². The summed E-state index contributed by atoms with van der Waals surface area (Å²) in [6, 6.07) is 16.0. The smallest absolute Gasteiger partial charge is 0.264 e. The second-order valence-electron chi connectivity index (χ2n) is 9.46. The summed E-state index contributed by atoms with van der Waals surface area (Å²) in [4.78, 5) is 28.2. The average molecular weight is 591 g/mol. The fraction of sp³-hybridized carbons (Fsp3) is 0.310. The molecule has 0 fully saturated rings. The molecule has 0 unspecified atom stereocenters. The molecule has 3 aromatic carbocycles. The number of aryl methyl sites for hydroxylation is 3. The van der Waals surface area contributed by atoms with Crippen LogP contribution >= 0.6 is 23.2 Å². The number of anilines is 1. The Labute approximate surface area is 240 Å². The fourth-order valence-electron chi connectivity index (χ4n) is 4.08. The van der Waals surface area contributed by atoms with Crippen molar-refractivity contribution in [1.29, 1.82) is 0 Å². The Kier molecular flexibility index (Phi) is 10.0. The van der Waals surface area contributed by atoms with Crippen LogP contribution < -0.4 is 9.62 Å². The summed E-state index contributed by atoms with van der Waals surface area (Å²) in [7, 11) is -4.13. The van der Waals surface area contributed by atoms with Crippen molar-refractivity contribution in [2.24, 2.45) is 0 Å². The van der Waals surface area contributed by atoms with E-state index >= 15 is 0 Å². The number of halogens is 2. The maximum atomic E-state index is 14.0. The highest BCUT2D eigenvalue weighted by atomic mass is 35.5. The van der Waals surface area contributed by atoms with Gasteiger partial charge in [0.05, 0.1) is 20.6 Å². The van der Waals surface area contributed by atoms with Gasteiger partial charge in [0.15, 0.2) is 0 Å². The topological polar surface area (TPSA) is 86.8 Å². The number of sulfonamides is 1. The first kappa shape index (κ1) is 30.5. The summed E-state index contributed by atoms with van der Waals surface area (Å²) in [6.07, 6.45) is 0. The quantitative estimate of drug-likeness (QED) is 0.330. The van der Waals surface area contributed by atoms with Crippen molar-refractivity contribution in [3.05, 3.63) is 93.0 Å². The van der Waals surface area contributed by atoms with Crippen molar-refractivity contribution in [1.82, 2.24) is 10.2 Å². The lowest BCUT2D eigenvalue weighted by molar-refractivity contribution is -0.139. The van der Waals surface area contributed by atoms with Gasteiger partial charge < -0.3 is 10.2 Å². The summed E-state index contributed by atoms with van der Waals surface area (Å²) < 4.78 is 29.0. The zero-order valence-corrected chi connectivity index (χ0v) is 25.0. The standard InChI is InChI=1S/C29H33Cl2N3O4S/c1-6-32-29(36)22(5)33(17-23-11-14-25(30)26(31)16-23)28(35)18-34(27-15-20(3)7-10-21(27)4)39(37,38)24-12-8-19(2)9-13-24/h7-16,22H,6,17-18H2,1-5H3,(H,32,36)/t22-/m1/s1. The molecule has 0 bridgehead atoms. The molecule has 10 heteroatoms. The summed E-state index contributed by atoms with van der Waals surface area (Å²) in [6.45, 7) is 8.81. The van der Waals surface area contributed by atoms with Gasteiger partial charge in [-0.25, -0.2) is 8.42 Å². The SMILES string of the molecule is CCNC(=O)[C@@H](C)N(Cc1ccc(Cl)c(Cl)c1)C(=O)CN(c1cc(C)ccc1C)S(=O)(=O)c1ccc(C)cc1. The molecule has 3 aromatic rings. The van der Waals surface area contributed by atoms with Crippen LogP contribution in [0.1, 0.15) is 36.1 Å². The number of likely N-dealkylation sites (N-methyl/N-ethyl adjacent to an activating group) is 1. The van der Waals surface area contributed by atoms with Gasteiger partial charge in [-0.1, -0.05) is 59.1 Å². The minimum absolute atomic E-state index is 0.0270. The maximum absolute atomic E-state index is 14.0. The molecule has 1 atom stereocenters. The molecule has 0 saturated heterocycles. The monoisotopic (exact) mass is 589 g/mol. The van der Waals surface area contributed by atoms with E-state index in [1.807, 2.05) is 26.0 Å². The Morgan fingerprint density at radius 1 is 0.897 bits per heavy atom. The number of nitrogens with one attached hydrogen (secondary N) is 1. The number of hydrogen-bond acceptors (Lipinski definition) is 4. The van der Waals surface area contributed by atoms with Crippen LogP contribution in [0.5, 0.6) is 0 Å². The van der Waals surface area contributed by atoms with Crippen LogP contribution in [-0.2, 0) is 26.2 Å². The molecule has 3 rings (SSSR count). The Morgan fingerprint density at radius 2 is 1.54 bits per heavy atom. The van der Waals surface area contributed by atoms with Crippen LogP contribution in [0.3, 0.4) is 0 Å². The Bertz CT molecular complexity index is 1460. The maximum Gasteiger partial charge on any atom is 0.264 e. The third-order valence-corrected chi connectivity index (χ3v) is 8.89. The number of amides is 2. The highest BCUT2D eigenvalue weighted by molar-refractivity contribution is 7.92. The number of carbonyl (C=O) groups is 2. The van der Waals surface area contributed by atoms with Gasteiger partial charge >= 0.3 is 0 Å². The molecule has 0 aliphatic carbocycles. The molecule has 1 N–H and O–H groups in total. The molecule has 0 aliphatic heterocycles. The molecular weight excluding hydrogens is 557 g/mol. The van der Waals surface area contributed by atoms with Gasteiger partial charge in [-0.2, -0.15) is 0 Å². The van der Waals surface area contributed by atoms with Gasteiger partial charge in [-0.15, -0.1) is 0 Å². The van der Waals surface area contributed by atoms with Gasteiger partial charge in [0.1, 0.15) is 12.6 Å². The van der Waals surface area contributed by atoms with Crippen LogP contribution in [0.2, 0.25) is 10.0 Å². The first-order valence-electron chi connectivity index (χ1n) is 12.5. The molecule has 0 spiro atoms. The zero-order valence-electron chi connectivity index (χ0n) is 22.7. The van der Waals surface area contributed by atoms with E-state index in [0.29, 0.717) is 33.4 Å². The minimum Gasteiger partial charge on any atom is -0.355 e. The van der Waals surface area contributed by atoms with Crippen molar-refractivity contribution < 1.29 is 18.0 Å². The predicted octanol–water partition coefficient (Wildman–Crippen LogP) is 5.67. The van der Waals surface area contributed by atoms with Gasteiger partial charge in [-0.3, -0.25) is 13.9 Å². The molecule has 0 aliphatic rings. The van der Waals surface area contributed by atoms with Crippen molar-refractivity contribution >= 4 is 50.7 Å². The molecule has 0 aromatic heterocycles. The highest BCUT2D eigenvalue weighted by Gasteiger charge is 2.33. The van der Waals surface area contributed by atoms with Crippen LogP contribution in [-0.4, -0.2) is 44.3 Å². The van der Waals surface area contributed by atoms with Gasteiger partial charge in [0.2, 0.25) is 11.8 Å². The number of benzene rings is 3. The summed E-state index contributed by atoms with van der Waals surface area (Å²) >= 11 is 12.3. The van der Waals surface area contributed by atoms with E-state index in [1.54, 1.807) is 57.2 Å². The lowest BCUT2D eigenvalue weighted by Crippen LogP contribution is -2.51. The normalized spacial score (nSPS) is 12.1. The van der Waals surface area contributed by atoms with E-state index in [-0.39, 0.29) is 17.3 Å². The van der Waals surface area contributed by atoms with E-state index in [4.69, 9.17) is 23.2 Å². The summed E-state index contributed by atoms with van der Waals surface area (Å²) in [5.41, 5.74) is 3.48. The largest absolute Gasteiger partial charge is 0.355 e. The third kappa shape index (κ3) is 7.32.